The lowest BCUT2D eigenvalue weighted by atomic mass is 9.97. The van der Waals surface area contributed by atoms with Crippen LogP contribution >= 0.6 is 0 Å². The van der Waals surface area contributed by atoms with E-state index >= 15 is 0 Å². The quantitative estimate of drug-likeness (QED) is 0.670. The van der Waals surface area contributed by atoms with Gasteiger partial charge >= 0.3 is 0 Å². The van der Waals surface area contributed by atoms with Gasteiger partial charge in [-0.05, 0) is 42.2 Å². The van der Waals surface area contributed by atoms with Crippen molar-refractivity contribution in [3.8, 4) is 0 Å². The van der Waals surface area contributed by atoms with Crippen molar-refractivity contribution >= 4 is 5.91 Å². The summed E-state index contributed by atoms with van der Waals surface area (Å²) in [6, 6.07) is 24.2. The first-order valence-corrected chi connectivity index (χ1v) is 8.77. The zero-order chi connectivity index (χ0) is 18.4. The van der Waals surface area contributed by atoms with Gasteiger partial charge in [-0.25, -0.2) is 4.39 Å². The highest BCUT2D eigenvalue weighted by Gasteiger charge is 2.16. The van der Waals surface area contributed by atoms with E-state index in [0.717, 1.165) is 22.3 Å². The summed E-state index contributed by atoms with van der Waals surface area (Å²) in [6.07, 6.45) is 0.947. The molecule has 0 spiro atoms. The molecule has 0 aliphatic rings. The van der Waals surface area contributed by atoms with Crippen molar-refractivity contribution in [2.75, 3.05) is 0 Å². The molecule has 0 saturated heterocycles. The van der Waals surface area contributed by atoms with Crippen LogP contribution in [0.4, 0.5) is 4.39 Å². The van der Waals surface area contributed by atoms with Crippen molar-refractivity contribution in [2.24, 2.45) is 0 Å². The number of hydrogen-bond acceptors (Lipinski definition) is 1. The smallest absolute Gasteiger partial charge is 0.221 e. The van der Waals surface area contributed by atoms with Gasteiger partial charge in [-0.3, -0.25) is 4.79 Å². The first-order chi connectivity index (χ1) is 12.6. The molecule has 3 heteroatoms. The number of benzene rings is 3. The van der Waals surface area contributed by atoms with Gasteiger partial charge in [-0.15, -0.1) is 0 Å². The molecule has 0 aliphatic carbocycles. The minimum Gasteiger partial charge on any atom is -0.345 e. The molecule has 1 atom stereocenters. The summed E-state index contributed by atoms with van der Waals surface area (Å²) in [5.74, 6) is -0.286. The van der Waals surface area contributed by atoms with Crippen LogP contribution in [0.1, 0.15) is 34.7 Å². The highest BCUT2D eigenvalue weighted by atomic mass is 19.1. The molecule has 0 unspecified atom stereocenters. The van der Waals surface area contributed by atoms with E-state index in [2.05, 4.69) is 11.4 Å². The fourth-order valence-electron chi connectivity index (χ4n) is 3.00. The molecule has 0 bridgehead atoms. The van der Waals surface area contributed by atoms with Crippen molar-refractivity contribution < 1.29 is 9.18 Å². The van der Waals surface area contributed by atoms with Crippen LogP contribution in [0.2, 0.25) is 0 Å². The summed E-state index contributed by atoms with van der Waals surface area (Å²) in [4.78, 5) is 12.5. The minimum atomic E-state index is -0.262. The van der Waals surface area contributed by atoms with Crippen molar-refractivity contribution in [3.63, 3.8) is 0 Å². The van der Waals surface area contributed by atoms with E-state index < -0.39 is 0 Å². The van der Waals surface area contributed by atoms with Crippen LogP contribution in [-0.2, 0) is 11.2 Å². The van der Waals surface area contributed by atoms with Crippen molar-refractivity contribution in [3.05, 3.63) is 107 Å². The second kappa shape index (κ2) is 8.43. The van der Waals surface area contributed by atoms with Crippen molar-refractivity contribution in [1.82, 2.24) is 5.32 Å². The summed E-state index contributed by atoms with van der Waals surface area (Å²) in [5.41, 5.74) is 4.22. The lowest BCUT2D eigenvalue weighted by Crippen LogP contribution is -2.29. The Hall–Kier alpha value is -2.94. The number of nitrogens with one attached hydrogen (secondary N) is 1. The molecule has 0 radical (unpaired) electrons. The predicted molar refractivity (Wildman–Crippen MR) is 102 cm³/mol. The van der Waals surface area contributed by atoms with Crippen LogP contribution < -0.4 is 5.32 Å². The normalized spacial score (nSPS) is 11.8. The number of halogens is 1. The number of carbonyl (C=O) groups excluding carboxylic acids is 1. The molecular formula is C23H22FNO. The van der Waals surface area contributed by atoms with Gasteiger partial charge in [0.15, 0.2) is 0 Å². The van der Waals surface area contributed by atoms with E-state index in [1.807, 2.05) is 55.5 Å². The van der Waals surface area contributed by atoms with Gasteiger partial charge in [0.1, 0.15) is 5.82 Å². The highest BCUT2D eigenvalue weighted by molar-refractivity contribution is 5.77. The predicted octanol–water partition coefficient (Wildman–Crippen LogP) is 4.97. The molecular weight excluding hydrogens is 325 g/mol. The van der Waals surface area contributed by atoms with E-state index in [0.29, 0.717) is 12.8 Å². The van der Waals surface area contributed by atoms with Crippen LogP contribution in [0, 0.1) is 12.7 Å². The third kappa shape index (κ3) is 4.79. The molecule has 26 heavy (non-hydrogen) atoms. The molecule has 0 heterocycles. The van der Waals surface area contributed by atoms with Gasteiger partial charge in [-0.2, -0.15) is 0 Å². The molecule has 3 rings (SSSR count). The molecule has 1 amide bonds. The molecule has 0 saturated carbocycles. The van der Waals surface area contributed by atoms with Gasteiger partial charge in [-0.1, -0.05) is 72.3 Å². The van der Waals surface area contributed by atoms with E-state index in [9.17, 15) is 9.18 Å². The van der Waals surface area contributed by atoms with Gasteiger partial charge in [0.2, 0.25) is 5.91 Å². The third-order valence-electron chi connectivity index (χ3n) is 4.37. The number of carbonyl (C=O) groups is 1. The third-order valence-corrected chi connectivity index (χ3v) is 4.37. The minimum absolute atomic E-state index is 0.0234. The summed E-state index contributed by atoms with van der Waals surface area (Å²) in [7, 11) is 0. The van der Waals surface area contributed by atoms with E-state index in [-0.39, 0.29) is 17.8 Å². The van der Waals surface area contributed by atoms with Gasteiger partial charge < -0.3 is 5.32 Å². The first kappa shape index (κ1) is 17.9. The summed E-state index contributed by atoms with van der Waals surface area (Å²) < 4.78 is 13.0. The number of aryl methyl sites for hydroxylation is 2. The van der Waals surface area contributed by atoms with Crippen molar-refractivity contribution in [2.45, 2.75) is 25.8 Å². The topological polar surface area (TPSA) is 29.1 Å². The van der Waals surface area contributed by atoms with Crippen LogP contribution in [0.5, 0.6) is 0 Å². The lowest BCUT2D eigenvalue weighted by Gasteiger charge is -2.20. The lowest BCUT2D eigenvalue weighted by molar-refractivity contribution is -0.121. The SMILES string of the molecule is Cc1cccc([C@@H](NC(=O)CCc2ccc(F)cc2)c2ccccc2)c1. The monoisotopic (exact) mass is 347 g/mol. The first-order valence-electron chi connectivity index (χ1n) is 8.77. The maximum Gasteiger partial charge on any atom is 0.221 e. The summed E-state index contributed by atoms with van der Waals surface area (Å²) >= 11 is 0. The molecule has 0 aliphatic heterocycles. The van der Waals surface area contributed by atoms with Gasteiger partial charge in [0.25, 0.3) is 0 Å². The Morgan fingerprint density at radius 2 is 1.62 bits per heavy atom. The maximum atomic E-state index is 13.0. The van der Waals surface area contributed by atoms with Gasteiger partial charge in [0.05, 0.1) is 6.04 Å². The fourth-order valence-corrected chi connectivity index (χ4v) is 3.00. The Kier molecular flexibility index (Phi) is 5.80. The Morgan fingerprint density at radius 3 is 2.31 bits per heavy atom. The molecule has 3 aromatic carbocycles. The second-order valence-corrected chi connectivity index (χ2v) is 6.45. The average Bonchev–Trinajstić information content (AvgIpc) is 2.66. The fraction of sp³-hybridized carbons (Fsp3) is 0.174. The number of amides is 1. The zero-order valence-electron chi connectivity index (χ0n) is 14.8. The van der Waals surface area contributed by atoms with Gasteiger partial charge in [0, 0.05) is 6.42 Å². The molecule has 0 fully saturated rings. The van der Waals surface area contributed by atoms with E-state index in [4.69, 9.17) is 0 Å². The summed E-state index contributed by atoms with van der Waals surface area (Å²) in [5, 5.41) is 3.15. The molecule has 132 valence electrons. The highest BCUT2D eigenvalue weighted by Crippen LogP contribution is 2.23. The average molecular weight is 347 g/mol. The molecule has 0 aromatic heterocycles. The van der Waals surface area contributed by atoms with Crippen LogP contribution in [0.15, 0.2) is 78.9 Å². The maximum absolute atomic E-state index is 13.0. The van der Waals surface area contributed by atoms with E-state index in [1.54, 1.807) is 12.1 Å². The van der Waals surface area contributed by atoms with Crippen molar-refractivity contribution in [1.29, 1.82) is 0 Å². The van der Waals surface area contributed by atoms with Crippen LogP contribution in [0.25, 0.3) is 0 Å². The Morgan fingerprint density at radius 1 is 0.923 bits per heavy atom. The Balaban J connectivity index is 1.73. The second-order valence-electron chi connectivity index (χ2n) is 6.45. The largest absolute Gasteiger partial charge is 0.345 e. The number of rotatable bonds is 6. The molecule has 3 aromatic rings. The van der Waals surface area contributed by atoms with Crippen LogP contribution in [0.3, 0.4) is 0 Å². The number of hydrogen-bond donors (Lipinski definition) is 1. The van der Waals surface area contributed by atoms with E-state index in [1.165, 1.54) is 12.1 Å². The summed E-state index contributed by atoms with van der Waals surface area (Å²) in [6.45, 7) is 2.04. The molecule has 2 nitrogen and oxygen atoms in total. The Labute approximate surface area is 153 Å². The molecule has 1 N–H and O–H groups in total. The standard InChI is InChI=1S/C23H22FNO/c1-17-6-5-9-20(16-17)23(19-7-3-2-4-8-19)25-22(26)15-12-18-10-13-21(24)14-11-18/h2-11,13-14,16,23H,12,15H2,1H3,(H,25,26)/t23-/m0/s1. The van der Waals surface area contributed by atoms with Crippen LogP contribution in [-0.4, -0.2) is 5.91 Å². The Bertz CT molecular complexity index is 859. The zero-order valence-corrected chi connectivity index (χ0v) is 14.8.